The SMILES string of the molecule is CC(CS(C)(=O)=O)NC1CCOC1. The first-order valence-corrected chi connectivity index (χ1v) is 6.55. The third-order valence-corrected chi connectivity index (χ3v) is 3.11. The Morgan fingerprint density at radius 1 is 1.62 bits per heavy atom. The van der Waals surface area contributed by atoms with Gasteiger partial charge in [-0.2, -0.15) is 0 Å². The Morgan fingerprint density at radius 3 is 2.77 bits per heavy atom. The lowest BCUT2D eigenvalue weighted by molar-refractivity contribution is 0.188. The maximum atomic E-state index is 10.9. The highest BCUT2D eigenvalue weighted by molar-refractivity contribution is 7.90. The average molecular weight is 207 g/mol. The average Bonchev–Trinajstić information content (AvgIpc) is 2.34. The third-order valence-electron chi connectivity index (χ3n) is 2.00. The zero-order valence-corrected chi connectivity index (χ0v) is 8.93. The molecule has 2 atom stereocenters. The second-order valence-electron chi connectivity index (χ2n) is 3.72. The van der Waals surface area contributed by atoms with Crippen molar-refractivity contribution in [3.05, 3.63) is 0 Å². The van der Waals surface area contributed by atoms with Gasteiger partial charge in [-0.15, -0.1) is 0 Å². The van der Waals surface area contributed by atoms with Crippen LogP contribution in [0.1, 0.15) is 13.3 Å². The number of nitrogens with one attached hydrogen (secondary N) is 1. The van der Waals surface area contributed by atoms with E-state index >= 15 is 0 Å². The summed E-state index contributed by atoms with van der Waals surface area (Å²) in [5, 5.41) is 3.23. The Morgan fingerprint density at radius 2 is 2.31 bits per heavy atom. The van der Waals surface area contributed by atoms with Gasteiger partial charge in [0.15, 0.2) is 0 Å². The first-order valence-electron chi connectivity index (χ1n) is 4.49. The standard InChI is InChI=1S/C8H17NO3S/c1-7(6-13(2,10)11)9-8-3-4-12-5-8/h7-9H,3-6H2,1-2H3. The molecule has 0 saturated carbocycles. The molecule has 4 nitrogen and oxygen atoms in total. The fourth-order valence-electron chi connectivity index (χ4n) is 1.57. The number of hydrogen-bond acceptors (Lipinski definition) is 4. The summed E-state index contributed by atoms with van der Waals surface area (Å²) in [5.41, 5.74) is 0. The number of ether oxygens (including phenoxy) is 1. The Labute approximate surface area is 79.6 Å². The normalized spacial score (nSPS) is 26.2. The Kier molecular flexibility index (Phi) is 3.70. The van der Waals surface area contributed by atoms with E-state index in [0.29, 0.717) is 12.6 Å². The molecule has 0 radical (unpaired) electrons. The molecule has 0 aromatic carbocycles. The van der Waals surface area contributed by atoms with E-state index in [1.165, 1.54) is 6.26 Å². The van der Waals surface area contributed by atoms with Gasteiger partial charge in [0, 0.05) is 24.9 Å². The van der Waals surface area contributed by atoms with E-state index in [1.54, 1.807) is 0 Å². The van der Waals surface area contributed by atoms with Crippen molar-refractivity contribution >= 4 is 9.84 Å². The van der Waals surface area contributed by atoms with Gasteiger partial charge in [-0.3, -0.25) is 0 Å². The van der Waals surface area contributed by atoms with Crippen LogP contribution < -0.4 is 5.32 Å². The maximum absolute atomic E-state index is 10.9. The summed E-state index contributed by atoms with van der Waals surface area (Å²) in [4.78, 5) is 0. The van der Waals surface area contributed by atoms with Crippen LogP contribution >= 0.6 is 0 Å². The van der Waals surface area contributed by atoms with Crippen LogP contribution in [0.25, 0.3) is 0 Å². The molecule has 5 heteroatoms. The smallest absolute Gasteiger partial charge is 0.148 e. The molecular formula is C8H17NO3S. The van der Waals surface area contributed by atoms with Gasteiger partial charge in [-0.1, -0.05) is 0 Å². The molecule has 0 aromatic heterocycles. The molecule has 13 heavy (non-hydrogen) atoms. The summed E-state index contributed by atoms with van der Waals surface area (Å²) in [5.74, 6) is 0.198. The van der Waals surface area contributed by atoms with E-state index in [1.807, 2.05) is 6.92 Å². The van der Waals surface area contributed by atoms with E-state index in [0.717, 1.165) is 13.0 Å². The minimum Gasteiger partial charge on any atom is -0.380 e. The lowest BCUT2D eigenvalue weighted by atomic mass is 10.2. The van der Waals surface area contributed by atoms with Crippen LogP contribution in [0.2, 0.25) is 0 Å². The van der Waals surface area contributed by atoms with Crippen LogP contribution in [0.15, 0.2) is 0 Å². The Bertz CT molecular complexity index is 244. The largest absolute Gasteiger partial charge is 0.380 e. The highest BCUT2D eigenvalue weighted by atomic mass is 32.2. The van der Waals surface area contributed by atoms with Crippen molar-refractivity contribution in [2.24, 2.45) is 0 Å². The zero-order chi connectivity index (χ0) is 9.90. The molecular weight excluding hydrogens is 190 g/mol. The highest BCUT2D eigenvalue weighted by Gasteiger charge is 2.19. The van der Waals surface area contributed by atoms with E-state index in [4.69, 9.17) is 4.74 Å². The molecule has 78 valence electrons. The molecule has 1 heterocycles. The molecule has 1 N–H and O–H groups in total. The number of sulfone groups is 1. The van der Waals surface area contributed by atoms with Crippen LogP contribution in [-0.2, 0) is 14.6 Å². The van der Waals surface area contributed by atoms with Gasteiger partial charge in [-0.25, -0.2) is 8.42 Å². The van der Waals surface area contributed by atoms with Gasteiger partial charge >= 0.3 is 0 Å². The highest BCUT2D eigenvalue weighted by Crippen LogP contribution is 2.04. The third kappa shape index (κ3) is 4.59. The van der Waals surface area contributed by atoms with Crippen LogP contribution in [0.4, 0.5) is 0 Å². The number of rotatable bonds is 4. The van der Waals surface area contributed by atoms with Crippen molar-refractivity contribution in [1.82, 2.24) is 5.32 Å². The van der Waals surface area contributed by atoms with Crippen molar-refractivity contribution in [2.75, 3.05) is 25.2 Å². The monoisotopic (exact) mass is 207 g/mol. The van der Waals surface area contributed by atoms with Crippen molar-refractivity contribution in [1.29, 1.82) is 0 Å². The van der Waals surface area contributed by atoms with E-state index in [2.05, 4.69) is 5.32 Å². The molecule has 0 aromatic rings. The van der Waals surface area contributed by atoms with Crippen molar-refractivity contribution in [2.45, 2.75) is 25.4 Å². The summed E-state index contributed by atoms with van der Waals surface area (Å²) < 4.78 is 27.1. The predicted molar refractivity (Wildman–Crippen MR) is 51.5 cm³/mol. The Hall–Kier alpha value is -0.130. The molecule has 0 spiro atoms. The summed E-state index contributed by atoms with van der Waals surface area (Å²) in [6, 6.07) is 0.346. The molecule has 2 unspecified atom stereocenters. The summed E-state index contributed by atoms with van der Waals surface area (Å²) >= 11 is 0. The lowest BCUT2D eigenvalue weighted by Crippen LogP contribution is -2.40. The minimum absolute atomic E-state index is 0.0155. The fourth-order valence-corrected chi connectivity index (χ4v) is 2.58. The lowest BCUT2D eigenvalue weighted by Gasteiger charge is -2.16. The maximum Gasteiger partial charge on any atom is 0.148 e. The van der Waals surface area contributed by atoms with Gasteiger partial charge in [0.2, 0.25) is 0 Å². The molecule has 1 saturated heterocycles. The van der Waals surface area contributed by atoms with Crippen LogP contribution in [0, 0.1) is 0 Å². The second kappa shape index (κ2) is 4.39. The molecule has 0 amide bonds. The van der Waals surface area contributed by atoms with Gasteiger partial charge < -0.3 is 10.1 Å². The zero-order valence-electron chi connectivity index (χ0n) is 8.12. The van der Waals surface area contributed by atoms with Gasteiger partial charge in [0.05, 0.1) is 12.4 Å². The molecule has 0 aliphatic carbocycles. The minimum atomic E-state index is -2.87. The summed E-state index contributed by atoms with van der Waals surface area (Å²) in [7, 11) is -2.87. The van der Waals surface area contributed by atoms with E-state index in [9.17, 15) is 8.42 Å². The molecule has 1 aliphatic rings. The van der Waals surface area contributed by atoms with Gasteiger partial charge in [0.25, 0.3) is 0 Å². The predicted octanol–water partition coefficient (Wildman–Crippen LogP) is -0.202. The van der Waals surface area contributed by atoms with Crippen LogP contribution in [-0.4, -0.2) is 45.7 Å². The topological polar surface area (TPSA) is 55.4 Å². The van der Waals surface area contributed by atoms with Crippen LogP contribution in [0.5, 0.6) is 0 Å². The van der Waals surface area contributed by atoms with Gasteiger partial charge in [0.1, 0.15) is 9.84 Å². The first kappa shape index (κ1) is 10.9. The van der Waals surface area contributed by atoms with E-state index in [-0.39, 0.29) is 11.8 Å². The molecule has 1 aliphatic heterocycles. The van der Waals surface area contributed by atoms with Crippen molar-refractivity contribution in [3.8, 4) is 0 Å². The molecule has 0 bridgehead atoms. The first-order chi connectivity index (χ1) is 5.97. The van der Waals surface area contributed by atoms with Crippen molar-refractivity contribution < 1.29 is 13.2 Å². The summed E-state index contributed by atoms with van der Waals surface area (Å²) in [6.45, 7) is 3.37. The Balaban J connectivity index is 2.28. The second-order valence-corrected chi connectivity index (χ2v) is 5.91. The van der Waals surface area contributed by atoms with Crippen LogP contribution in [0.3, 0.4) is 0 Å². The number of hydrogen-bond donors (Lipinski definition) is 1. The summed E-state index contributed by atoms with van der Waals surface area (Å²) in [6.07, 6.45) is 2.24. The fraction of sp³-hybridized carbons (Fsp3) is 1.00. The van der Waals surface area contributed by atoms with Gasteiger partial charge in [-0.05, 0) is 13.3 Å². The quantitative estimate of drug-likeness (QED) is 0.693. The molecule has 1 rings (SSSR count). The molecule has 1 fully saturated rings. The van der Waals surface area contributed by atoms with Crippen molar-refractivity contribution in [3.63, 3.8) is 0 Å². The van der Waals surface area contributed by atoms with E-state index < -0.39 is 9.84 Å².